The van der Waals surface area contributed by atoms with Gasteiger partial charge in [-0.3, -0.25) is 15.1 Å². The molecule has 7 rings (SSSR count). The molecule has 0 aliphatic heterocycles. The molecule has 6 aromatic rings. The Hall–Kier alpha value is -4.46. The van der Waals surface area contributed by atoms with Crippen LogP contribution in [0.5, 0.6) is 5.75 Å². The normalized spacial score (nSPS) is 14.5. The number of nitrogens with one attached hydrogen (secondary N) is 2. The van der Waals surface area contributed by atoms with Crippen LogP contribution in [0.4, 0.5) is 0 Å². The molecule has 184 valence electrons. The number of nitrogens with zero attached hydrogens (tertiary/aromatic N) is 5. The van der Waals surface area contributed by atoms with Gasteiger partial charge in [0.1, 0.15) is 11.4 Å². The first-order chi connectivity index (χ1) is 18.2. The summed E-state index contributed by atoms with van der Waals surface area (Å²) in [5.74, 6) is 0.802. The van der Waals surface area contributed by atoms with Gasteiger partial charge in [0, 0.05) is 34.2 Å². The molecule has 8 nitrogen and oxygen atoms in total. The first kappa shape index (κ1) is 21.8. The molecule has 2 N–H and O–H groups in total. The Morgan fingerprint density at radius 2 is 1.86 bits per heavy atom. The van der Waals surface area contributed by atoms with E-state index in [2.05, 4.69) is 59.0 Å². The van der Waals surface area contributed by atoms with E-state index in [9.17, 15) is 0 Å². The van der Waals surface area contributed by atoms with Crippen LogP contribution in [0.15, 0.2) is 67.5 Å². The number of hydrogen-bond acceptors (Lipinski definition) is 5. The summed E-state index contributed by atoms with van der Waals surface area (Å²) >= 11 is 0. The number of H-pyrrole nitrogens is 2. The minimum atomic E-state index is 0.278. The topological polar surface area (TPSA) is 97.3 Å². The molecule has 37 heavy (non-hydrogen) atoms. The quantitative estimate of drug-likeness (QED) is 0.293. The van der Waals surface area contributed by atoms with Gasteiger partial charge in [0.05, 0.1) is 53.1 Å². The van der Waals surface area contributed by atoms with Gasteiger partial charge in [0.2, 0.25) is 0 Å². The van der Waals surface area contributed by atoms with E-state index < -0.39 is 0 Å². The number of ether oxygens (including phenoxy) is 1. The number of aryl methyl sites for hydroxylation is 1. The molecule has 8 heteroatoms. The van der Waals surface area contributed by atoms with E-state index in [1.807, 2.05) is 44.0 Å². The van der Waals surface area contributed by atoms with Gasteiger partial charge in [-0.2, -0.15) is 5.10 Å². The lowest BCUT2D eigenvalue weighted by molar-refractivity contribution is 0.154. The molecule has 5 aromatic heterocycles. The number of rotatable bonds is 5. The number of imidazole rings is 1. The summed E-state index contributed by atoms with van der Waals surface area (Å²) < 4.78 is 8.30. The lowest BCUT2D eigenvalue weighted by Crippen LogP contribution is -2.19. The standard InChI is InChI=1S/C29H27N7O/c1-18-16-36(17-32-18)28-9-5-8-24-22(28)11-26(33-24)29-23-12-25(31-15-27(23)34-35-29)19-10-21(14-30-13-19)37-20-6-3-2-4-7-20/h5,8-17,20,33H,2-4,6-7H2,1H3,(H,34,35). The second-order valence-corrected chi connectivity index (χ2v) is 9.82. The third-order valence-electron chi connectivity index (χ3n) is 7.20. The van der Waals surface area contributed by atoms with E-state index in [0.29, 0.717) is 0 Å². The number of hydrogen-bond donors (Lipinski definition) is 2. The highest BCUT2D eigenvalue weighted by Gasteiger charge is 2.17. The number of fused-ring (bicyclic) bond motifs is 2. The third kappa shape index (κ3) is 4.04. The monoisotopic (exact) mass is 489 g/mol. The number of aromatic nitrogens is 7. The molecule has 1 aliphatic rings. The lowest BCUT2D eigenvalue weighted by atomic mass is 9.98. The first-order valence-electron chi connectivity index (χ1n) is 12.8. The summed E-state index contributed by atoms with van der Waals surface area (Å²) in [5, 5.41) is 9.88. The Labute approximate surface area is 213 Å². The minimum absolute atomic E-state index is 0.278. The molecule has 0 bridgehead atoms. The molecule has 0 unspecified atom stereocenters. The lowest BCUT2D eigenvalue weighted by Gasteiger charge is -2.22. The highest BCUT2D eigenvalue weighted by molar-refractivity contribution is 5.98. The number of benzene rings is 1. The van der Waals surface area contributed by atoms with Gasteiger partial charge >= 0.3 is 0 Å². The van der Waals surface area contributed by atoms with Crippen molar-refractivity contribution in [3.05, 3.63) is 73.2 Å². The van der Waals surface area contributed by atoms with Gasteiger partial charge < -0.3 is 14.3 Å². The largest absolute Gasteiger partial charge is 0.489 e. The minimum Gasteiger partial charge on any atom is -0.489 e. The van der Waals surface area contributed by atoms with Crippen molar-refractivity contribution in [2.75, 3.05) is 0 Å². The summed E-state index contributed by atoms with van der Waals surface area (Å²) in [6.45, 7) is 1.99. The van der Waals surface area contributed by atoms with E-state index in [0.717, 1.165) is 74.4 Å². The van der Waals surface area contributed by atoms with Crippen LogP contribution in [0, 0.1) is 6.92 Å². The molecule has 1 aliphatic carbocycles. The number of pyridine rings is 2. The maximum Gasteiger partial charge on any atom is 0.138 e. The van der Waals surface area contributed by atoms with E-state index in [1.165, 1.54) is 19.3 Å². The number of aromatic amines is 2. The van der Waals surface area contributed by atoms with Crippen LogP contribution < -0.4 is 4.74 Å². The molecule has 5 heterocycles. The van der Waals surface area contributed by atoms with Crippen LogP contribution in [0.25, 0.3) is 50.1 Å². The van der Waals surface area contributed by atoms with Gasteiger partial charge in [0.15, 0.2) is 0 Å². The van der Waals surface area contributed by atoms with Crippen LogP contribution in [-0.2, 0) is 0 Å². The van der Waals surface area contributed by atoms with Crippen molar-refractivity contribution >= 4 is 21.8 Å². The van der Waals surface area contributed by atoms with Crippen molar-refractivity contribution < 1.29 is 4.74 Å². The van der Waals surface area contributed by atoms with Crippen LogP contribution in [0.3, 0.4) is 0 Å². The van der Waals surface area contributed by atoms with Gasteiger partial charge in [-0.1, -0.05) is 12.5 Å². The summed E-state index contributed by atoms with van der Waals surface area (Å²) in [4.78, 5) is 17.1. The zero-order valence-electron chi connectivity index (χ0n) is 20.6. The van der Waals surface area contributed by atoms with E-state index >= 15 is 0 Å². The fourth-order valence-electron chi connectivity index (χ4n) is 5.32. The second-order valence-electron chi connectivity index (χ2n) is 9.82. The maximum atomic E-state index is 6.25. The van der Waals surface area contributed by atoms with Crippen molar-refractivity contribution in [1.29, 1.82) is 0 Å². The Kier molecular flexibility index (Phi) is 5.23. The average molecular weight is 490 g/mol. The fraction of sp³-hybridized carbons (Fsp3) is 0.241. The molecule has 1 fully saturated rings. The van der Waals surface area contributed by atoms with Crippen LogP contribution >= 0.6 is 0 Å². The van der Waals surface area contributed by atoms with Crippen molar-refractivity contribution in [2.24, 2.45) is 0 Å². The highest BCUT2D eigenvalue weighted by atomic mass is 16.5. The van der Waals surface area contributed by atoms with E-state index in [-0.39, 0.29) is 6.10 Å². The molecular weight excluding hydrogens is 462 g/mol. The third-order valence-corrected chi connectivity index (χ3v) is 7.20. The van der Waals surface area contributed by atoms with Gasteiger partial charge in [0.25, 0.3) is 0 Å². The second kappa shape index (κ2) is 8.89. The van der Waals surface area contributed by atoms with E-state index in [4.69, 9.17) is 4.74 Å². The van der Waals surface area contributed by atoms with Crippen LogP contribution in [0.1, 0.15) is 37.8 Å². The van der Waals surface area contributed by atoms with Crippen LogP contribution in [-0.4, -0.2) is 40.8 Å². The summed E-state index contributed by atoms with van der Waals surface area (Å²) in [6, 6.07) is 12.5. The van der Waals surface area contributed by atoms with Gasteiger partial charge in [-0.25, -0.2) is 4.98 Å². The van der Waals surface area contributed by atoms with Crippen molar-refractivity contribution in [1.82, 2.24) is 34.7 Å². The molecular formula is C29H27N7O. The van der Waals surface area contributed by atoms with Crippen molar-refractivity contribution in [3.8, 4) is 34.1 Å². The predicted molar refractivity (Wildman–Crippen MR) is 144 cm³/mol. The molecule has 0 saturated heterocycles. The molecule has 0 amide bonds. The maximum absolute atomic E-state index is 6.25. The Morgan fingerprint density at radius 3 is 2.73 bits per heavy atom. The molecule has 0 atom stereocenters. The Bertz CT molecular complexity index is 1720. The predicted octanol–water partition coefficient (Wildman–Crippen LogP) is 6.37. The molecule has 1 aromatic carbocycles. The Balaban J connectivity index is 1.26. The average Bonchev–Trinajstić information content (AvgIpc) is 3.66. The van der Waals surface area contributed by atoms with Crippen molar-refractivity contribution in [2.45, 2.75) is 45.1 Å². The molecule has 0 radical (unpaired) electrons. The zero-order valence-corrected chi connectivity index (χ0v) is 20.6. The smallest absolute Gasteiger partial charge is 0.138 e. The zero-order chi connectivity index (χ0) is 24.8. The summed E-state index contributed by atoms with van der Waals surface area (Å²) in [7, 11) is 0. The molecule has 0 spiro atoms. The highest BCUT2D eigenvalue weighted by Crippen LogP contribution is 2.33. The first-order valence-corrected chi connectivity index (χ1v) is 12.8. The van der Waals surface area contributed by atoms with Crippen LogP contribution in [0.2, 0.25) is 0 Å². The van der Waals surface area contributed by atoms with Gasteiger partial charge in [-0.15, -0.1) is 0 Å². The Morgan fingerprint density at radius 1 is 0.946 bits per heavy atom. The summed E-state index contributed by atoms with van der Waals surface area (Å²) in [5.41, 5.74) is 7.53. The summed E-state index contributed by atoms with van der Waals surface area (Å²) in [6.07, 6.45) is 15.6. The van der Waals surface area contributed by atoms with Crippen molar-refractivity contribution in [3.63, 3.8) is 0 Å². The molecule has 1 saturated carbocycles. The fourth-order valence-corrected chi connectivity index (χ4v) is 5.32. The van der Waals surface area contributed by atoms with Gasteiger partial charge in [-0.05, 0) is 62.9 Å². The van der Waals surface area contributed by atoms with E-state index in [1.54, 1.807) is 6.20 Å². The SMILES string of the molecule is Cc1cn(-c2cccc3[nH]c(-c4n[nH]c5cnc(-c6cncc(OC7CCCCC7)c6)cc45)cc23)cn1.